The summed E-state index contributed by atoms with van der Waals surface area (Å²) in [5, 5.41) is 2.83. The van der Waals surface area contributed by atoms with Gasteiger partial charge in [-0.05, 0) is 36.6 Å². The van der Waals surface area contributed by atoms with E-state index in [2.05, 4.69) is 40.0 Å². The van der Waals surface area contributed by atoms with Gasteiger partial charge >= 0.3 is 0 Å². The molecule has 1 amide bonds. The van der Waals surface area contributed by atoms with Gasteiger partial charge in [-0.2, -0.15) is 0 Å². The molecule has 0 saturated carbocycles. The Morgan fingerprint density at radius 2 is 2.18 bits per heavy atom. The molecule has 0 radical (unpaired) electrons. The minimum Gasteiger partial charge on any atom is -0.348 e. The van der Waals surface area contributed by atoms with Crippen LogP contribution in [0, 0.1) is 0 Å². The highest BCUT2D eigenvalue weighted by Crippen LogP contribution is 2.33. The summed E-state index contributed by atoms with van der Waals surface area (Å²) in [6.45, 7) is 4.95. The van der Waals surface area contributed by atoms with Crippen molar-refractivity contribution in [1.82, 2.24) is 10.3 Å². The second-order valence-electron chi connectivity index (χ2n) is 5.26. The molecular weight excluding hydrogens is 274 g/mol. The summed E-state index contributed by atoms with van der Waals surface area (Å²) in [4.78, 5) is 19.0. The Balaban J connectivity index is 1.99. The van der Waals surface area contributed by atoms with Crippen LogP contribution in [0.3, 0.4) is 0 Å². The number of nitrogens with one attached hydrogen (secondary N) is 1. The lowest BCUT2D eigenvalue weighted by Gasteiger charge is -2.31. The lowest BCUT2D eigenvalue weighted by molar-refractivity contribution is 0.0958. The number of carbonyl (C=O) groups is 1. The van der Waals surface area contributed by atoms with Crippen LogP contribution < -0.4 is 10.2 Å². The molecule has 4 nitrogen and oxygen atoms in total. The molecule has 22 heavy (non-hydrogen) atoms. The van der Waals surface area contributed by atoms with Crippen LogP contribution in [-0.2, 0) is 6.42 Å². The fraction of sp³-hybridized carbons (Fsp3) is 0.222. The summed E-state index contributed by atoms with van der Waals surface area (Å²) in [7, 11) is 0. The standard InChI is InChI=1S/C18H19N3O/c1-2-11-20-18(22)15-9-5-12-19-17(15)21-13-6-8-14-7-3-4-10-16(14)21/h2-5,7,9-10,12H,1,6,8,11,13H2,(H,20,22). The number of carbonyl (C=O) groups excluding carboxylic acids is 1. The molecule has 1 aromatic heterocycles. The van der Waals surface area contributed by atoms with E-state index in [4.69, 9.17) is 0 Å². The molecular formula is C18H19N3O. The van der Waals surface area contributed by atoms with Crippen molar-refractivity contribution in [3.63, 3.8) is 0 Å². The zero-order valence-corrected chi connectivity index (χ0v) is 12.5. The first-order chi connectivity index (χ1) is 10.8. The van der Waals surface area contributed by atoms with Crippen LogP contribution in [-0.4, -0.2) is 24.0 Å². The van der Waals surface area contributed by atoms with E-state index < -0.39 is 0 Å². The molecule has 0 aliphatic carbocycles. The molecule has 4 heteroatoms. The van der Waals surface area contributed by atoms with Crippen molar-refractivity contribution >= 4 is 17.4 Å². The second kappa shape index (κ2) is 6.43. The average molecular weight is 293 g/mol. The molecule has 1 aromatic carbocycles. The molecule has 0 unspecified atom stereocenters. The Kier molecular flexibility index (Phi) is 4.19. The van der Waals surface area contributed by atoms with E-state index in [-0.39, 0.29) is 5.91 Å². The maximum atomic E-state index is 12.4. The zero-order valence-electron chi connectivity index (χ0n) is 12.5. The van der Waals surface area contributed by atoms with Crippen molar-refractivity contribution in [2.24, 2.45) is 0 Å². The molecule has 0 atom stereocenters. The minimum atomic E-state index is -0.119. The first-order valence-electron chi connectivity index (χ1n) is 7.51. The summed E-state index contributed by atoms with van der Waals surface area (Å²) in [5.41, 5.74) is 3.04. The number of fused-ring (bicyclic) bond motifs is 1. The maximum Gasteiger partial charge on any atom is 0.255 e. The second-order valence-corrected chi connectivity index (χ2v) is 5.26. The Bertz CT molecular complexity index is 696. The molecule has 1 aliphatic heterocycles. The van der Waals surface area contributed by atoms with Crippen LogP contribution in [0.5, 0.6) is 0 Å². The maximum absolute atomic E-state index is 12.4. The topological polar surface area (TPSA) is 45.2 Å². The van der Waals surface area contributed by atoms with Gasteiger partial charge in [0.05, 0.1) is 5.56 Å². The molecule has 0 bridgehead atoms. The molecule has 0 spiro atoms. The van der Waals surface area contributed by atoms with E-state index in [9.17, 15) is 4.79 Å². The van der Waals surface area contributed by atoms with Crippen molar-refractivity contribution in [3.8, 4) is 0 Å². The number of anilines is 2. The van der Waals surface area contributed by atoms with Gasteiger partial charge in [0.25, 0.3) is 5.91 Å². The summed E-state index contributed by atoms with van der Waals surface area (Å²) < 4.78 is 0. The van der Waals surface area contributed by atoms with E-state index in [1.54, 1.807) is 18.3 Å². The van der Waals surface area contributed by atoms with Gasteiger partial charge in [0.1, 0.15) is 5.82 Å². The molecule has 2 heterocycles. The normalized spacial score (nSPS) is 13.4. The highest BCUT2D eigenvalue weighted by molar-refractivity contribution is 5.99. The van der Waals surface area contributed by atoms with Crippen LogP contribution in [0.25, 0.3) is 0 Å². The van der Waals surface area contributed by atoms with Gasteiger partial charge in [0, 0.05) is 25.0 Å². The summed E-state index contributed by atoms with van der Waals surface area (Å²) in [6.07, 6.45) is 5.53. The number of hydrogen-bond acceptors (Lipinski definition) is 3. The summed E-state index contributed by atoms with van der Waals surface area (Å²) in [6, 6.07) is 11.9. The monoisotopic (exact) mass is 293 g/mol. The Morgan fingerprint density at radius 1 is 1.32 bits per heavy atom. The van der Waals surface area contributed by atoms with Crippen LogP contribution in [0.4, 0.5) is 11.5 Å². The van der Waals surface area contributed by atoms with Gasteiger partial charge in [-0.15, -0.1) is 6.58 Å². The molecule has 1 N–H and O–H groups in total. The third kappa shape index (κ3) is 2.72. The number of benzene rings is 1. The van der Waals surface area contributed by atoms with Gasteiger partial charge in [-0.25, -0.2) is 4.98 Å². The number of hydrogen-bond donors (Lipinski definition) is 1. The third-order valence-electron chi connectivity index (χ3n) is 3.80. The van der Waals surface area contributed by atoms with Crippen LogP contribution >= 0.6 is 0 Å². The lowest BCUT2D eigenvalue weighted by atomic mass is 10.0. The molecule has 3 rings (SSSR count). The Labute approximate surface area is 130 Å². The SMILES string of the molecule is C=CCNC(=O)c1cccnc1N1CCCc2ccccc21. The first-order valence-corrected chi connectivity index (χ1v) is 7.51. The van der Waals surface area contributed by atoms with Crippen LogP contribution in [0.15, 0.2) is 55.3 Å². The first kappa shape index (κ1) is 14.3. The quantitative estimate of drug-likeness (QED) is 0.881. The van der Waals surface area contributed by atoms with E-state index in [0.29, 0.717) is 12.1 Å². The fourth-order valence-electron chi connectivity index (χ4n) is 2.80. The largest absolute Gasteiger partial charge is 0.348 e. The van der Waals surface area contributed by atoms with Crippen LogP contribution in [0.1, 0.15) is 22.3 Å². The van der Waals surface area contributed by atoms with Gasteiger partial charge in [-0.3, -0.25) is 4.79 Å². The number of amides is 1. The number of pyridine rings is 1. The van der Waals surface area contributed by atoms with Crippen molar-refractivity contribution in [3.05, 3.63) is 66.4 Å². The summed E-state index contributed by atoms with van der Waals surface area (Å²) >= 11 is 0. The average Bonchev–Trinajstić information content (AvgIpc) is 2.59. The number of aromatic nitrogens is 1. The Hall–Kier alpha value is -2.62. The van der Waals surface area contributed by atoms with Crippen molar-refractivity contribution in [1.29, 1.82) is 0 Å². The predicted molar refractivity (Wildman–Crippen MR) is 88.5 cm³/mol. The molecule has 0 fully saturated rings. The molecule has 112 valence electrons. The summed E-state index contributed by atoms with van der Waals surface area (Å²) in [5.74, 6) is 0.599. The highest BCUT2D eigenvalue weighted by Gasteiger charge is 2.23. The molecule has 2 aromatic rings. The van der Waals surface area contributed by atoms with Crippen molar-refractivity contribution in [2.75, 3.05) is 18.0 Å². The van der Waals surface area contributed by atoms with Gasteiger partial charge in [0.2, 0.25) is 0 Å². The Morgan fingerprint density at radius 3 is 3.05 bits per heavy atom. The zero-order chi connectivity index (χ0) is 15.4. The lowest BCUT2D eigenvalue weighted by Crippen LogP contribution is -2.30. The van der Waals surface area contributed by atoms with E-state index in [1.807, 2.05) is 12.1 Å². The fourth-order valence-corrected chi connectivity index (χ4v) is 2.80. The van der Waals surface area contributed by atoms with Crippen molar-refractivity contribution < 1.29 is 4.79 Å². The van der Waals surface area contributed by atoms with E-state index >= 15 is 0 Å². The predicted octanol–water partition coefficient (Wildman–Crippen LogP) is 3.08. The molecule has 0 saturated heterocycles. The number of rotatable bonds is 4. The minimum absolute atomic E-state index is 0.119. The van der Waals surface area contributed by atoms with Gasteiger partial charge in [-0.1, -0.05) is 24.3 Å². The number of aryl methyl sites for hydroxylation is 1. The van der Waals surface area contributed by atoms with E-state index in [1.165, 1.54) is 5.56 Å². The number of para-hydroxylation sites is 1. The molecule has 1 aliphatic rings. The van der Waals surface area contributed by atoms with E-state index in [0.717, 1.165) is 30.9 Å². The van der Waals surface area contributed by atoms with Crippen molar-refractivity contribution in [2.45, 2.75) is 12.8 Å². The number of nitrogens with zero attached hydrogens (tertiary/aromatic N) is 2. The third-order valence-corrected chi connectivity index (χ3v) is 3.80. The highest BCUT2D eigenvalue weighted by atomic mass is 16.1. The smallest absolute Gasteiger partial charge is 0.255 e. The van der Waals surface area contributed by atoms with Gasteiger partial charge in [0.15, 0.2) is 0 Å². The van der Waals surface area contributed by atoms with Crippen LogP contribution in [0.2, 0.25) is 0 Å². The van der Waals surface area contributed by atoms with Gasteiger partial charge < -0.3 is 10.2 Å².